The molecule has 2 rings (SSSR count). The third-order valence-corrected chi connectivity index (χ3v) is 3.33. The number of likely N-dealkylation sites (tertiary alicyclic amines) is 1. The average Bonchev–Trinajstić information content (AvgIpc) is 2.47. The van der Waals surface area contributed by atoms with E-state index in [2.05, 4.69) is 5.32 Å². The molecule has 1 fully saturated rings. The van der Waals surface area contributed by atoms with Crippen molar-refractivity contribution in [3.8, 4) is 0 Å². The van der Waals surface area contributed by atoms with Gasteiger partial charge in [0.05, 0.1) is 6.10 Å². The van der Waals surface area contributed by atoms with E-state index in [1.807, 2.05) is 0 Å². The third-order valence-electron chi connectivity index (χ3n) is 3.33. The van der Waals surface area contributed by atoms with Crippen LogP contribution in [0.15, 0.2) is 30.3 Å². The van der Waals surface area contributed by atoms with Gasteiger partial charge in [0.1, 0.15) is 0 Å². The Morgan fingerprint density at radius 3 is 2.38 bits per heavy atom. The molecular formula is C15H18N2O4. The second-order valence-corrected chi connectivity index (χ2v) is 4.94. The van der Waals surface area contributed by atoms with E-state index in [4.69, 9.17) is 5.11 Å². The van der Waals surface area contributed by atoms with Gasteiger partial charge in [0, 0.05) is 24.9 Å². The fraction of sp³-hybridized carbons (Fsp3) is 0.333. The van der Waals surface area contributed by atoms with Crippen LogP contribution >= 0.6 is 0 Å². The Labute approximate surface area is 122 Å². The summed E-state index contributed by atoms with van der Waals surface area (Å²) in [6.45, 7) is 1.10. The standard InChI is InChI=1S/C15H18N2O4/c18-13-7-9-17(10-8-13)15(21)16-12-4-1-11(2-5-12)3-6-14(19)20/h1-6,13,18H,7-10H2,(H,16,21)(H,19,20)/b6-3+. The average molecular weight is 290 g/mol. The number of aliphatic carboxylic acids is 1. The van der Waals surface area contributed by atoms with Crippen LogP contribution in [0.25, 0.3) is 6.08 Å². The van der Waals surface area contributed by atoms with Crippen LogP contribution in [0.5, 0.6) is 0 Å². The first-order valence-electron chi connectivity index (χ1n) is 6.79. The quantitative estimate of drug-likeness (QED) is 0.740. The van der Waals surface area contributed by atoms with E-state index >= 15 is 0 Å². The smallest absolute Gasteiger partial charge is 0.328 e. The molecule has 1 heterocycles. The molecule has 3 N–H and O–H groups in total. The molecule has 1 aromatic carbocycles. The number of nitrogens with zero attached hydrogens (tertiary/aromatic N) is 1. The Bertz CT molecular complexity index is 531. The van der Waals surface area contributed by atoms with Gasteiger partial charge in [-0.3, -0.25) is 0 Å². The van der Waals surface area contributed by atoms with E-state index < -0.39 is 5.97 Å². The molecule has 0 spiro atoms. The normalized spacial score (nSPS) is 16.1. The maximum atomic E-state index is 12.0. The van der Waals surface area contributed by atoms with Crippen LogP contribution in [0.3, 0.4) is 0 Å². The van der Waals surface area contributed by atoms with Crippen molar-refractivity contribution >= 4 is 23.8 Å². The molecule has 1 aromatic rings. The molecule has 1 saturated heterocycles. The van der Waals surface area contributed by atoms with Crippen LogP contribution in [-0.4, -0.2) is 46.3 Å². The molecule has 1 aliphatic heterocycles. The largest absolute Gasteiger partial charge is 0.478 e. The predicted molar refractivity (Wildman–Crippen MR) is 78.9 cm³/mol. The minimum Gasteiger partial charge on any atom is -0.478 e. The van der Waals surface area contributed by atoms with Gasteiger partial charge in [0.25, 0.3) is 0 Å². The van der Waals surface area contributed by atoms with E-state index in [0.29, 0.717) is 31.6 Å². The number of hydrogen-bond acceptors (Lipinski definition) is 3. The predicted octanol–water partition coefficient (Wildman–Crippen LogP) is 1.77. The molecule has 21 heavy (non-hydrogen) atoms. The summed E-state index contributed by atoms with van der Waals surface area (Å²) in [5, 5.41) is 20.7. The third kappa shape index (κ3) is 4.61. The summed E-state index contributed by atoms with van der Waals surface area (Å²) in [5.74, 6) is -1.00. The molecule has 1 aliphatic rings. The molecule has 0 saturated carbocycles. The highest BCUT2D eigenvalue weighted by Gasteiger charge is 2.21. The van der Waals surface area contributed by atoms with Crippen LogP contribution in [-0.2, 0) is 4.79 Å². The molecule has 6 heteroatoms. The number of benzene rings is 1. The Hall–Kier alpha value is -2.34. The van der Waals surface area contributed by atoms with E-state index in [1.54, 1.807) is 29.2 Å². The number of carboxylic acids is 1. The zero-order valence-electron chi connectivity index (χ0n) is 11.5. The maximum Gasteiger partial charge on any atom is 0.328 e. The van der Waals surface area contributed by atoms with Crippen LogP contribution in [0.1, 0.15) is 18.4 Å². The summed E-state index contributed by atoms with van der Waals surface area (Å²) in [6.07, 6.45) is 3.44. The summed E-state index contributed by atoms with van der Waals surface area (Å²) in [4.78, 5) is 24.1. The lowest BCUT2D eigenvalue weighted by atomic mass is 10.1. The number of nitrogens with one attached hydrogen (secondary N) is 1. The second-order valence-electron chi connectivity index (χ2n) is 4.94. The molecule has 2 amide bonds. The van der Waals surface area contributed by atoms with Crippen LogP contribution in [0.2, 0.25) is 0 Å². The second kappa shape index (κ2) is 6.90. The fourth-order valence-electron chi connectivity index (χ4n) is 2.12. The molecule has 6 nitrogen and oxygen atoms in total. The first kappa shape index (κ1) is 15.1. The van der Waals surface area contributed by atoms with Crippen molar-refractivity contribution in [2.75, 3.05) is 18.4 Å². The number of carboxylic acid groups (broad SMARTS) is 1. The number of aliphatic hydroxyl groups is 1. The van der Waals surface area contributed by atoms with Crippen LogP contribution in [0.4, 0.5) is 10.5 Å². The number of anilines is 1. The molecule has 112 valence electrons. The molecular weight excluding hydrogens is 272 g/mol. The number of rotatable bonds is 3. The Balaban J connectivity index is 1.91. The van der Waals surface area contributed by atoms with Crippen molar-refractivity contribution in [2.24, 2.45) is 0 Å². The monoisotopic (exact) mass is 290 g/mol. The molecule has 0 radical (unpaired) electrons. The number of urea groups is 1. The number of amides is 2. The molecule has 0 bridgehead atoms. The van der Waals surface area contributed by atoms with E-state index in [-0.39, 0.29) is 12.1 Å². The SMILES string of the molecule is O=C(O)/C=C/c1ccc(NC(=O)N2CCC(O)CC2)cc1. The van der Waals surface area contributed by atoms with Gasteiger partial charge < -0.3 is 20.4 Å². The topological polar surface area (TPSA) is 89.9 Å². The van der Waals surface area contributed by atoms with Crippen LogP contribution < -0.4 is 5.32 Å². The molecule has 0 aliphatic carbocycles. The maximum absolute atomic E-state index is 12.0. The Morgan fingerprint density at radius 2 is 1.81 bits per heavy atom. The zero-order valence-corrected chi connectivity index (χ0v) is 11.5. The van der Waals surface area contributed by atoms with Gasteiger partial charge >= 0.3 is 12.0 Å². The fourth-order valence-corrected chi connectivity index (χ4v) is 2.12. The summed E-state index contributed by atoms with van der Waals surface area (Å²) in [5.41, 5.74) is 1.40. The lowest BCUT2D eigenvalue weighted by Crippen LogP contribution is -2.42. The number of hydrogen-bond donors (Lipinski definition) is 3. The van der Waals surface area contributed by atoms with Gasteiger partial charge in [0.15, 0.2) is 0 Å². The van der Waals surface area contributed by atoms with Gasteiger partial charge in [-0.2, -0.15) is 0 Å². The lowest BCUT2D eigenvalue weighted by Gasteiger charge is -2.29. The molecule has 0 unspecified atom stereocenters. The van der Waals surface area contributed by atoms with Crippen molar-refractivity contribution in [2.45, 2.75) is 18.9 Å². The van der Waals surface area contributed by atoms with Crippen molar-refractivity contribution < 1.29 is 19.8 Å². The van der Waals surface area contributed by atoms with Gasteiger partial charge in [-0.05, 0) is 36.6 Å². The highest BCUT2D eigenvalue weighted by Crippen LogP contribution is 2.14. The summed E-state index contributed by atoms with van der Waals surface area (Å²) < 4.78 is 0. The highest BCUT2D eigenvalue weighted by atomic mass is 16.4. The van der Waals surface area contributed by atoms with Crippen LogP contribution in [0, 0.1) is 0 Å². The van der Waals surface area contributed by atoms with Gasteiger partial charge in [-0.15, -0.1) is 0 Å². The van der Waals surface area contributed by atoms with Gasteiger partial charge in [-0.1, -0.05) is 12.1 Å². The van der Waals surface area contributed by atoms with E-state index in [1.165, 1.54) is 6.08 Å². The number of carbonyl (C=O) groups excluding carboxylic acids is 1. The lowest BCUT2D eigenvalue weighted by molar-refractivity contribution is -0.131. The number of piperidine rings is 1. The van der Waals surface area contributed by atoms with E-state index in [9.17, 15) is 14.7 Å². The first-order valence-corrected chi connectivity index (χ1v) is 6.79. The Kier molecular flexibility index (Phi) is 4.94. The first-order chi connectivity index (χ1) is 10.0. The van der Waals surface area contributed by atoms with Crippen molar-refractivity contribution in [1.29, 1.82) is 0 Å². The number of aliphatic hydroxyl groups excluding tert-OH is 1. The minimum absolute atomic E-state index is 0.185. The molecule has 0 aromatic heterocycles. The summed E-state index contributed by atoms with van der Waals surface area (Å²) in [7, 11) is 0. The van der Waals surface area contributed by atoms with Gasteiger partial charge in [-0.25, -0.2) is 9.59 Å². The summed E-state index contributed by atoms with van der Waals surface area (Å²) in [6, 6.07) is 6.72. The summed E-state index contributed by atoms with van der Waals surface area (Å²) >= 11 is 0. The zero-order chi connectivity index (χ0) is 15.2. The van der Waals surface area contributed by atoms with Crippen molar-refractivity contribution in [1.82, 2.24) is 4.90 Å². The highest BCUT2D eigenvalue weighted by molar-refractivity contribution is 5.89. The van der Waals surface area contributed by atoms with Crippen molar-refractivity contribution in [3.63, 3.8) is 0 Å². The molecule has 0 atom stereocenters. The number of carbonyl (C=O) groups is 2. The van der Waals surface area contributed by atoms with Crippen molar-refractivity contribution in [3.05, 3.63) is 35.9 Å². The van der Waals surface area contributed by atoms with Gasteiger partial charge in [0.2, 0.25) is 0 Å². The van der Waals surface area contributed by atoms with E-state index in [0.717, 1.165) is 11.6 Å². The minimum atomic E-state index is -1.00. The Morgan fingerprint density at radius 1 is 1.19 bits per heavy atom.